The van der Waals surface area contributed by atoms with Gasteiger partial charge in [-0.05, 0) is 6.42 Å². The Bertz CT molecular complexity index is 151. The van der Waals surface area contributed by atoms with Crippen molar-refractivity contribution < 1.29 is 0 Å². The number of hydrogen-bond donors (Lipinski definition) is 2. The molecular formula is C8H15N3. The Balaban J connectivity index is 2.14. The van der Waals surface area contributed by atoms with Gasteiger partial charge in [-0.2, -0.15) is 0 Å². The van der Waals surface area contributed by atoms with Crippen molar-refractivity contribution in [3.05, 3.63) is 12.7 Å². The summed E-state index contributed by atoms with van der Waals surface area (Å²) in [5.74, 6) is 1.08. The highest BCUT2D eigenvalue weighted by molar-refractivity contribution is 5.84. The third-order valence-electron chi connectivity index (χ3n) is 1.56. The minimum absolute atomic E-state index is 0.886. The largest absolute Gasteiger partial charge is 0.372 e. The van der Waals surface area contributed by atoms with Crippen LogP contribution in [0.25, 0.3) is 0 Å². The molecule has 0 atom stereocenters. The first-order chi connectivity index (χ1) is 5.43. The predicted molar refractivity (Wildman–Crippen MR) is 48.0 cm³/mol. The van der Waals surface area contributed by atoms with Gasteiger partial charge in [-0.25, -0.2) is 0 Å². The Labute approximate surface area is 67.6 Å². The number of amidine groups is 1. The summed E-state index contributed by atoms with van der Waals surface area (Å²) in [6.07, 6.45) is 2.91. The van der Waals surface area contributed by atoms with E-state index in [1.807, 2.05) is 6.08 Å². The number of hydrogen-bond acceptors (Lipinski definition) is 3. The lowest BCUT2D eigenvalue weighted by atomic mass is 10.4. The SMILES string of the molecule is C=CCCNC1=NCCNC1. The molecule has 3 nitrogen and oxygen atoms in total. The molecule has 0 radical (unpaired) electrons. The summed E-state index contributed by atoms with van der Waals surface area (Å²) >= 11 is 0. The molecule has 0 aromatic rings. The van der Waals surface area contributed by atoms with Gasteiger partial charge in [0.05, 0.1) is 13.1 Å². The highest BCUT2D eigenvalue weighted by atomic mass is 15.1. The molecule has 0 aromatic heterocycles. The minimum atomic E-state index is 0.886. The Kier molecular flexibility index (Phi) is 3.69. The summed E-state index contributed by atoms with van der Waals surface area (Å²) in [7, 11) is 0. The maximum atomic E-state index is 4.31. The third kappa shape index (κ3) is 3.18. The van der Waals surface area contributed by atoms with Crippen molar-refractivity contribution in [1.82, 2.24) is 10.6 Å². The molecule has 0 saturated heterocycles. The fraction of sp³-hybridized carbons (Fsp3) is 0.625. The summed E-state index contributed by atoms with van der Waals surface area (Å²) in [6, 6.07) is 0. The number of nitrogens with zero attached hydrogens (tertiary/aromatic N) is 1. The van der Waals surface area contributed by atoms with Gasteiger partial charge < -0.3 is 10.6 Å². The van der Waals surface area contributed by atoms with Gasteiger partial charge in [0.15, 0.2) is 0 Å². The smallest absolute Gasteiger partial charge is 0.110 e. The van der Waals surface area contributed by atoms with Crippen LogP contribution < -0.4 is 10.6 Å². The molecule has 2 N–H and O–H groups in total. The lowest BCUT2D eigenvalue weighted by Crippen LogP contribution is -2.39. The molecule has 62 valence electrons. The van der Waals surface area contributed by atoms with E-state index >= 15 is 0 Å². The van der Waals surface area contributed by atoms with Gasteiger partial charge in [0.1, 0.15) is 5.84 Å². The molecule has 0 aromatic carbocycles. The van der Waals surface area contributed by atoms with Crippen molar-refractivity contribution in [3.8, 4) is 0 Å². The van der Waals surface area contributed by atoms with Gasteiger partial charge in [0.2, 0.25) is 0 Å². The Hall–Kier alpha value is -0.830. The van der Waals surface area contributed by atoms with E-state index in [0.29, 0.717) is 0 Å². The van der Waals surface area contributed by atoms with E-state index in [0.717, 1.165) is 38.4 Å². The van der Waals surface area contributed by atoms with Crippen molar-refractivity contribution in [2.24, 2.45) is 4.99 Å². The van der Waals surface area contributed by atoms with Crippen molar-refractivity contribution in [2.75, 3.05) is 26.2 Å². The zero-order chi connectivity index (χ0) is 7.94. The number of aliphatic imine (C=N–C) groups is 1. The molecule has 1 heterocycles. The average molecular weight is 153 g/mol. The van der Waals surface area contributed by atoms with Gasteiger partial charge in [-0.1, -0.05) is 6.08 Å². The third-order valence-corrected chi connectivity index (χ3v) is 1.56. The monoisotopic (exact) mass is 153 g/mol. The fourth-order valence-electron chi connectivity index (χ4n) is 0.970. The second kappa shape index (κ2) is 4.91. The van der Waals surface area contributed by atoms with E-state index in [1.165, 1.54) is 0 Å². The maximum absolute atomic E-state index is 4.31. The summed E-state index contributed by atoms with van der Waals surface area (Å²) in [4.78, 5) is 4.31. The highest BCUT2D eigenvalue weighted by Gasteiger charge is 2.01. The van der Waals surface area contributed by atoms with E-state index in [4.69, 9.17) is 0 Å². The molecule has 0 spiro atoms. The van der Waals surface area contributed by atoms with Crippen LogP contribution in [0.2, 0.25) is 0 Å². The first kappa shape index (κ1) is 8.27. The van der Waals surface area contributed by atoms with E-state index in [1.54, 1.807) is 0 Å². The number of rotatable bonds is 3. The summed E-state index contributed by atoms with van der Waals surface area (Å²) in [5.41, 5.74) is 0. The molecule has 0 bridgehead atoms. The molecule has 3 heteroatoms. The molecule has 1 aliphatic rings. The standard InChI is InChI=1S/C8H15N3/c1-2-3-4-10-8-7-9-5-6-11-8/h2,9H,1,3-7H2,(H,10,11). The Morgan fingerprint density at radius 3 is 3.27 bits per heavy atom. The second-order valence-corrected chi connectivity index (χ2v) is 2.51. The van der Waals surface area contributed by atoms with Crippen LogP contribution in [-0.4, -0.2) is 32.0 Å². The lowest BCUT2D eigenvalue weighted by Gasteiger charge is -2.14. The molecular weight excluding hydrogens is 138 g/mol. The van der Waals surface area contributed by atoms with E-state index in [2.05, 4.69) is 22.2 Å². The zero-order valence-corrected chi connectivity index (χ0v) is 6.77. The lowest BCUT2D eigenvalue weighted by molar-refractivity contribution is 0.707. The normalized spacial score (nSPS) is 17.3. The van der Waals surface area contributed by atoms with Crippen molar-refractivity contribution in [2.45, 2.75) is 6.42 Å². The fourth-order valence-corrected chi connectivity index (χ4v) is 0.970. The van der Waals surface area contributed by atoms with Crippen LogP contribution in [0.15, 0.2) is 17.6 Å². The van der Waals surface area contributed by atoms with Gasteiger partial charge in [0, 0.05) is 13.1 Å². The maximum Gasteiger partial charge on any atom is 0.110 e. The minimum Gasteiger partial charge on any atom is -0.372 e. The van der Waals surface area contributed by atoms with Gasteiger partial charge in [0.25, 0.3) is 0 Å². The molecule has 0 fully saturated rings. The van der Waals surface area contributed by atoms with E-state index in [-0.39, 0.29) is 0 Å². The summed E-state index contributed by atoms with van der Waals surface area (Å²) < 4.78 is 0. The van der Waals surface area contributed by atoms with Gasteiger partial charge in [-0.15, -0.1) is 6.58 Å². The van der Waals surface area contributed by atoms with Crippen LogP contribution in [0.5, 0.6) is 0 Å². The van der Waals surface area contributed by atoms with Gasteiger partial charge >= 0.3 is 0 Å². The average Bonchev–Trinajstić information content (AvgIpc) is 2.07. The topological polar surface area (TPSA) is 36.4 Å². The van der Waals surface area contributed by atoms with Crippen LogP contribution in [0.3, 0.4) is 0 Å². The van der Waals surface area contributed by atoms with Crippen LogP contribution in [0.4, 0.5) is 0 Å². The second-order valence-electron chi connectivity index (χ2n) is 2.51. The van der Waals surface area contributed by atoms with Crippen LogP contribution in [0, 0.1) is 0 Å². The van der Waals surface area contributed by atoms with Crippen molar-refractivity contribution in [1.29, 1.82) is 0 Å². The highest BCUT2D eigenvalue weighted by Crippen LogP contribution is 1.83. The molecule has 11 heavy (non-hydrogen) atoms. The van der Waals surface area contributed by atoms with Crippen molar-refractivity contribution >= 4 is 5.84 Å². The molecule has 1 aliphatic heterocycles. The van der Waals surface area contributed by atoms with E-state index < -0.39 is 0 Å². The summed E-state index contributed by atoms with van der Waals surface area (Å²) in [5, 5.41) is 6.48. The number of nitrogens with one attached hydrogen (secondary N) is 2. The van der Waals surface area contributed by atoms with Crippen LogP contribution in [0.1, 0.15) is 6.42 Å². The first-order valence-electron chi connectivity index (χ1n) is 4.02. The Morgan fingerprint density at radius 2 is 2.64 bits per heavy atom. The van der Waals surface area contributed by atoms with Crippen LogP contribution in [-0.2, 0) is 0 Å². The molecule has 0 saturated carbocycles. The molecule has 0 amide bonds. The molecule has 0 aliphatic carbocycles. The zero-order valence-electron chi connectivity index (χ0n) is 6.77. The van der Waals surface area contributed by atoms with E-state index in [9.17, 15) is 0 Å². The Morgan fingerprint density at radius 1 is 1.73 bits per heavy atom. The molecule has 1 rings (SSSR count). The summed E-state index contributed by atoms with van der Waals surface area (Å²) in [6.45, 7) is 7.39. The quantitative estimate of drug-likeness (QED) is 0.447. The molecule has 0 unspecified atom stereocenters. The van der Waals surface area contributed by atoms with Crippen LogP contribution >= 0.6 is 0 Å². The first-order valence-corrected chi connectivity index (χ1v) is 4.02. The van der Waals surface area contributed by atoms with Crippen molar-refractivity contribution in [3.63, 3.8) is 0 Å². The predicted octanol–water partition coefficient (Wildman–Crippen LogP) is 0.154. The van der Waals surface area contributed by atoms with Gasteiger partial charge in [-0.3, -0.25) is 4.99 Å².